The van der Waals surface area contributed by atoms with Crippen molar-refractivity contribution >= 4 is 16.9 Å². The van der Waals surface area contributed by atoms with Crippen LogP contribution in [0.4, 0.5) is 4.79 Å². The van der Waals surface area contributed by atoms with Crippen LogP contribution in [0.2, 0.25) is 0 Å². The van der Waals surface area contributed by atoms with Gasteiger partial charge in [0.1, 0.15) is 5.60 Å². The number of hydrogen-bond donors (Lipinski definition) is 0. The van der Waals surface area contributed by atoms with E-state index in [4.69, 9.17) is 19.0 Å². The molecule has 2 heterocycles. The molecule has 2 atom stereocenters. The van der Waals surface area contributed by atoms with E-state index >= 15 is 0 Å². The average molecular weight is 555 g/mol. The number of pyridine rings is 1. The Kier molecular flexibility index (Phi) is 9.29. The van der Waals surface area contributed by atoms with Gasteiger partial charge in [-0.2, -0.15) is 0 Å². The van der Waals surface area contributed by atoms with Crippen LogP contribution < -0.4 is 0 Å². The van der Waals surface area contributed by atoms with Gasteiger partial charge in [0.25, 0.3) is 0 Å². The number of carbonyl (C=O) groups excluding carboxylic acids is 1. The second kappa shape index (κ2) is 13.3. The standard InChI is InChI=1S/C34H38N2O5/c1-34(2,3)40-33(37)41-36-18-16-31(29-14-10-25(11-15-29)22-38-23-27-7-6-17-35-20-27)32(21-36)39-24-26-12-13-28-8-4-5-9-30(28)19-26/h4-15,17,19-20,31-32H,16,18,21-24H2,1-3H3. The Balaban J connectivity index is 1.25. The fourth-order valence-electron chi connectivity index (χ4n) is 5.06. The van der Waals surface area contributed by atoms with Crippen molar-refractivity contribution in [2.24, 2.45) is 0 Å². The number of carbonyl (C=O) groups is 1. The molecule has 0 bridgehead atoms. The van der Waals surface area contributed by atoms with Gasteiger partial charge in [-0.25, -0.2) is 4.79 Å². The van der Waals surface area contributed by atoms with Crippen molar-refractivity contribution in [3.8, 4) is 0 Å². The Morgan fingerprint density at radius 3 is 2.39 bits per heavy atom. The van der Waals surface area contributed by atoms with Crippen molar-refractivity contribution in [3.05, 3.63) is 114 Å². The molecule has 1 aliphatic heterocycles. The lowest BCUT2D eigenvalue weighted by Crippen LogP contribution is -2.45. The maximum absolute atomic E-state index is 12.4. The Hall–Kier alpha value is -3.78. The number of hydroxylamine groups is 2. The average Bonchev–Trinajstić information content (AvgIpc) is 2.96. The molecule has 41 heavy (non-hydrogen) atoms. The second-order valence-electron chi connectivity index (χ2n) is 11.5. The first-order valence-corrected chi connectivity index (χ1v) is 14.1. The molecule has 214 valence electrons. The summed E-state index contributed by atoms with van der Waals surface area (Å²) in [7, 11) is 0. The molecule has 0 amide bonds. The summed E-state index contributed by atoms with van der Waals surface area (Å²) in [5, 5.41) is 4.05. The zero-order valence-corrected chi connectivity index (χ0v) is 24.0. The van der Waals surface area contributed by atoms with Gasteiger partial charge in [-0.05, 0) is 72.4 Å². The molecule has 1 fully saturated rings. The first kappa shape index (κ1) is 28.7. The van der Waals surface area contributed by atoms with Crippen LogP contribution in [-0.2, 0) is 38.9 Å². The molecule has 0 N–H and O–H groups in total. The quantitative estimate of drug-likeness (QED) is 0.203. The summed E-state index contributed by atoms with van der Waals surface area (Å²) in [4.78, 5) is 22.1. The van der Waals surface area contributed by atoms with E-state index in [9.17, 15) is 4.79 Å². The van der Waals surface area contributed by atoms with Gasteiger partial charge in [0.15, 0.2) is 0 Å². The second-order valence-corrected chi connectivity index (χ2v) is 11.5. The van der Waals surface area contributed by atoms with Crippen molar-refractivity contribution in [1.82, 2.24) is 10.0 Å². The van der Waals surface area contributed by atoms with Gasteiger partial charge in [0.2, 0.25) is 0 Å². The topological polar surface area (TPSA) is 70.1 Å². The first-order valence-electron chi connectivity index (χ1n) is 14.1. The number of nitrogens with zero attached hydrogens (tertiary/aromatic N) is 2. The van der Waals surface area contributed by atoms with Gasteiger partial charge in [0.05, 0.1) is 32.5 Å². The first-order chi connectivity index (χ1) is 19.8. The number of hydrogen-bond acceptors (Lipinski definition) is 7. The normalized spacial score (nSPS) is 17.8. The minimum atomic E-state index is -0.695. The summed E-state index contributed by atoms with van der Waals surface area (Å²) in [6, 6.07) is 27.2. The summed E-state index contributed by atoms with van der Waals surface area (Å²) < 4.78 is 17.8. The van der Waals surface area contributed by atoms with E-state index in [1.807, 2.05) is 51.2 Å². The van der Waals surface area contributed by atoms with Crippen molar-refractivity contribution in [1.29, 1.82) is 0 Å². The van der Waals surface area contributed by atoms with Crippen molar-refractivity contribution < 1.29 is 23.8 Å². The molecule has 5 rings (SSSR count). The molecule has 4 aromatic rings. The van der Waals surface area contributed by atoms with Crippen molar-refractivity contribution in [3.63, 3.8) is 0 Å². The summed E-state index contributed by atoms with van der Waals surface area (Å²) in [5.41, 5.74) is 3.84. The van der Waals surface area contributed by atoms with Crippen LogP contribution in [0.25, 0.3) is 10.8 Å². The highest BCUT2D eigenvalue weighted by Gasteiger charge is 2.34. The van der Waals surface area contributed by atoms with Gasteiger partial charge in [-0.15, -0.1) is 5.06 Å². The lowest BCUT2D eigenvalue weighted by atomic mass is 9.87. The SMILES string of the molecule is CC(C)(C)OC(=O)ON1CCC(c2ccc(COCc3cccnc3)cc2)C(OCc2ccc3ccccc3c2)C1. The van der Waals surface area contributed by atoms with Gasteiger partial charge >= 0.3 is 6.16 Å². The summed E-state index contributed by atoms with van der Waals surface area (Å²) in [5.74, 6) is 0.152. The molecule has 3 aromatic carbocycles. The largest absolute Gasteiger partial charge is 0.528 e. The number of benzene rings is 3. The highest BCUT2D eigenvalue weighted by molar-refractivity contribution is 5.82. The van der Waals surface area contributed by atoms with E-state index in [1.54, 1.807) is 11.3 Å². The molecule has 0 spiro atoms. The predicted molar refractivity (Wildman–Crippen MR) is 158 cm³/mol. The molecule has 0 aliphatic carbocycles. The summed E-state index contributed by atoms with van der Waals surface area (Å²) >= 11 is 0. The molecule has 0 radical (unpaired) electrons. The van der Waals surface area contributed by atoms with Gasteiger partial charge < -0.3 is 19.0 Å². The zero-order chi connectivity index (χ0) is 28.7. The van der Waals surface area contributed by atoms with Gasteiger partial charge in [-0.1, -0.05) is 66.7 Å². The smallest absolute Gasteiger partial charge is 0.427 e. The van der Waals surface area contributed by atoms with E-state index in [2.05, 4.69) is 59.6 Å². The van der Waals surface area contributed by atoms with Gasteiger partial charge in [0, 0.05) is 24.9 Å². The van der Waals surface area contributed by atoms with Crippen molar-refractivity contribution in [2.45, 2.75) is 64.6 Å². The molecular formula is C34H38N2O5. The molecule has 1 aromatic heterocycles. The molecule has 1 aliphatic rings. The Labute approximate surface area is 242 Å². The number of fused-ring (bicyclic) bond motifs is 1. The van der Waals surface area contributed by atoms with E-state index in [0.717, 1.165) is 23.1 Å². The number of ether oxygens (including phenoxy) is 3. The zero-order valence-electron chi connectivity index (χ0n) is 24.0. The lowest BCUT2D eigenvalue weighted by Gasteiger charge is -2.37. The molecule has 1 saturated heterocycles. The third-order valence-corrected chi connectivity index (χ3v) is 7.06. The molecule has 2 unspecified atom stereocenters. The fraction of sp³-hybridized carbons (Fsp3) is 0.353. The van der Waals surface area contributed by atoms with E-state index in [1.165, 1.54) is 16.3 Å². The lowest BCUT2D eigenvalue weighted by molar-refractivity contribution is -0.179. The predicted octanol–water partition coefficient (Wildman–Crippen LogP) is 7.19. The third kappa shape index (κ3) is 8.36. The molecular weight excluding hydrogens is 516 g/mol. The monoisotopic (exact) mass is 554 g/mol. The van der Waals surface area contributed by atoms with Gasteiger partial charge in [-0.3, -0.25) is 4.98 Å². The number of piperidine rings is 1. The molecule has 7 nitrogen and oxygen atoms in total. The van der Waals surface area contributed by atoms with Crippen LogP contribution >= 0.6 is 0 Å². The fourth-order valence-corrected chi connectivity index (χ4v) is 5.06. The van der Waals surface area contributed by atoms with Crippen LogP contribution in [0.15, 0.2) is 91.3 Å². The maximum atomic E-state index is 12.4. The van der Waals surface area contributed by atoms with Crippen LogP contribution in [-0.4, -0.2) is 41.0 Å². The Bertz CT molecular complexity index is 1420. The Morgan fingerprint density at radius 2 is 1.63 bits per heavy atom. The number of rotatable bonds is 9. The van der Waals surface area contributed by atoms with E-state index < -0.39 is 11.8 Å². The Morgan fingerprint density at radius 1 is 0.878 bits per heavy atom. The van der Waals surface area contributed by atoms with E-state index in [-0.39, 0.29) is 12.0 Å². The van der Waals surface area contributed by atoms with E-state index in [0.29, 0.717) is 32.9 Å². The molecule has 0 saturated carbocycles. The van der Waals surface area contributed by atoms with Crippen LogP contribution in [0, 0.1) is 0 Å². The summed E-state index contributed by atoms with van der Waals surface area (Å²) in [6.07, 6.45) is 3.49. The van der Waals surface area contributed by atoms with Crippen LogP contribution in [0.1, 0.15) is 55.4 Å². The minimum Gasteiger partial charge on any atom is -0.427 e. The summed E-state index contributed by atoms with van der Waals surface area (Å²) in [6.45, 7) is 8.03. The van der Waals surface area contributed by atoms with Crippen LogP contribution in [0.5, 0.6) is 0 Å². The highest BCUT2D eigenvalue weighted by Crippen LogP contribution is 2.32. The molecule has 7 heteroatoms. The minimum absolute atomic E-state index is 0.152. The third-order valence-electron chi connectivity index (χ3n) is 7.06. The van der Waals surface area contributed by atoms with Crippen molar-refractivity contribution in [2.75, 3.05) is 13.1 Å². The number of aromatic nitrogens is 1. The maximum Gasteiger partial charge on any atom is 0.528 e. The highest BCUT2D eigenvalue weighted by atomic mass is 16.8. The van der Waals surface area contributed by atoms with Crippen LogP contribution in [0.3, 0.4) is 0 Å².